The molecular formula is C16H27N3. The molecular weight excluding hydrogens is 234 g/mol. The van der Waals surface area contributed by atoms with Crippen LogP contribution in [0.1, 0.15) is 46.1 Å². The Morgan fingerprint density at radius 1 is 1.32 bits per heavy atom. The predicted octanol–water partition coefficient (Wildman–Crippen LogP) is 3.20. The predicted molar refractivity (Wildman–Crippen MR) is 81.4 cm³/mol. The van der Waals surface area contributed by atoms with Gasteiger partial charge in [0.2, 0.25) is 0 Å². The molecule has 2 heterocycles. The molecule has 106 valence electrons. The second-order valence-electron chi connectivity index (χ2n) is 6.24. The molecule has 1 aromatic heterocycles. The fourth-order valence-corrected chi connectivity index (χ4v) is 2.62. The molecule has 3 nitrogen and oxygen atoms in total. The first-order valence-corrected chi connectivity index (χ1v) is 7.51. The van der Waals surface area contributed by atoms with Crippen molar-refractivity contribution in [3.05, 3.63) is 23.9 Å². The molecule has 1 aromatic rings. The fourth-order valence-electron chi connectivity index (χ4n) is 2.62. The zero-order valence-electron chi connectivity index (χ0n) is 12.7. The molecule has 1 saturated heterocycles. The van der Waals surface area contributed by atoms with Crippen LogP contribution in [0.2, 0.25) is 0 Å². The van der Waals surface area contributed by atoms with E-state index in [0.717, 1.165) is 24.8 Å². The van der Waals surface area contributed by atoms with Crippen molar-refractivity contribution in [3.8, 4) is 0 Å². The van der Waals surface area contributed by atoms with Gasteiger partial charge in [0.15, 0.2) is 0 Å². The zero-order chi connectivity index (χ0) is 13.8. The Kier molecular flexibility index (Phi) is 4.81. The molecule has 1 N–H and O–H groups in total. The second kappa shape index (κ2) is 6.38. The minimum Gasteiger partial charge on any atom is -0.354 e. The van der Waals surface area contributed by atoms with E-state index >= 15 is 0 Å². The van der Waals surface area contributed by atoms with Gasteiger partial charge >= 0.3 is 0 Å². The minimum atomic E-state index is 0.516. The van der Waals surface area contributed by atoms with Crippen LogP contribution < -0.4 is 10.2 Å². The Labute approximate surface area is 117 Å². The van der Waals surface area contributed by atoms with E-state index in [1.165, 1.54) is 18.4 Å². The van der Waals surface area contributed by atoms with Crippen LogP contribution in [0.5, 0.6) is 0 Å². The van der Waals surface area contributed by atoms with Crippen LogP contribution in [0.25, 0.3) is 0 Å². The lowest BCUT2D eigenvalue weighted by Gasteiger charge is -2.37. The van der Waals surface area contributed by atoms with Crippen LogP contribution >= 0.6 is 0 Å². The Bertz CT molecular complexity index is 385. The van der Waals surface area contributed by atoms with E-state index in [0.29, 0.717) is 12.1 Å². The second-order valence-corrected chi connectivity index (χ2v) is 6.24. The summed E-state index contributed by atoms with van der Waals surface area (Å²) in [6.45, 7) is 11.0. The van der Waals surface area contributed by atoms with E-state index < -0.39 is 0 Å². The highest BCUT2D eigenvalue weighted by Gasteiger charge is 2.23. The molecule has 1 fully saturated rings. The van der Waals surface area contributed by atoms with Crippen LogP contribution in [0, 0.1) is 5.92 Å². The average molecular weight is 261 g/mol. The maximum atomic E-state index is 4.65. The number of piperidine rings is 1. The summed E-state index contributed by atoms with van der Waals surface area (Å²) in [4.78, 5) is 7.10. The Balaban J connectivity index is 2.00. The first-order valence-electron chi connectivity index (χ1n) is 7.51. The third-order valence-electron chi connectivity index (χ3n) is 3.94. The average Bonchev–Trinajstić information content (AvgIpc) is 2.40. The van der Waals surface area contributed by atoms with Gasteiger partial charge in [-0.05, 0) is 37.3 Å². The van der Waals surface area contributed by atoms with Gasteiger partial charge in [-0.25, -0.2) is 4.98 Å². The number of aromatic nitrogens is 1. The monoisotopic (exact) mass is 261 g/mol. The summed E-state index contributed by atoms with van der Waals surface area (Å²) in [5, 5.41) is 3.42. The van der Waals surface area contributed by atoms with Crippen LogP contribution in [0.4, 0.5) is 5.82 Å². The maximum Gasteiger partial charge on any atom is 0.128 e. The largest absolute Gasteiger partial charge is 0.354 e. The van der Waals surface area contributed by atoms with Crippen molar-refractivity contribution in [1.29, 1.82) is 0 Å². The molecule has 0 spiro atoms. The SMILES string of the molecule is CC1CCC(C)N(c2ccc(CNC(C)C)cn2)C1. The molecule has 0 aliphatic carbocycles. The Morgan fingerprint density at radius 3 is 2.74 bits per heavy atom. The van der Waals surface area contributed by atoms with E-state index in [4.69, 9.17) is 0 Å². The molecule has 1 aliphatic rings. The van der Waals surface area contributed by atoms with Crippen molar-refractivity contribution < 1.29 is 0 Å². The van der Waals surface area contributed by atoms with Gasteiger partial charge in [-0.1, -0.05) is 26.8 Å². The van der Waals surface area contributed by atoms with Gasteiger partial charge in [0.1, 0.15) is 5.82 Å². The standard InChI is InChI=1S/C16H27N3/c1-12(2)17-9-15-7-8-16(18-10-15)19-11-13(3)5-6-14(19)4/h7-8,10,12-14,17H,5-6,9,11H2,1-4H3. The van der Waals surface area contributed by atoms with Crippen molar-refractivity contribution in [3.63, 3.8) is 0 Å². The molecule has 19 heavy (non-hydrogen) atoms. The summed E-state index contributed by atoms with van der Waals surface area (Å²) >= 11 is 0. The topological polar surface area (TPSA) is 28.2 Å². The molecule has 2 unspecified atom stereocenters. The van der Waals surface area contributed by atoms with E-state index in [1.54, 1.807) is 0 Å². The summed E-state index contributed by atoms with van der Waals surface area (Å²) in [6, 6.07) is 5.50. The number of hydrogen-bond acceptors (Lipinski definition) is 3. The summed E-state index contributed by atoms with van der Waals surface area (Å²) < 4.78 is 0. The Hall–Kier alpha value is -1.09. The molecule has 0 bridgehead atoms. The van der Waals surface area contributed by atoms with Crippen molar-refractivity contribution in [2.24, 2.45) is 5.92 Å². The van der Waals surface area contributed by atoms with Gasteiger partial charge < -0.3 is 10.2 Å². The lowest BCUT2D eigenvalue weighted by Crippen LogP contribution is -2.41. The molecule has 2 atom stereocenters. The maximum absolute atomic E-state index is 4.65. The first-order chi connectivity index (χ1) is 9.06. The summed E-state index contributed by atoms with van der Waals surface area (Å²) in [5.41, 5.74) is 1.26. The van der Waals surface area contributed by atoms with E-state index in [2.05, 4.69) is 55.0 Å². The number of hydrogen-bond donors (Lipinski definition) is 1. The fraction of sp³-hybridized carbons (Fsp3) is 0.688. The molecule has 0 amide bonds. The smallest absolute Gasteiger partial charge is 0.128 e. The van der Waals surface area contributed by atoms with Gasteiger partial charge in [-0.15, -0.1) is 0 Å². The number of pyridine rings is 1. The van der Waals surface area contributed by atoms with E-state index in [9.17, 15) is 0 Å². The highest BCUT2D eigenvalue weighted by atomic mass is 15.2. The van der Waals surface area contributed by atoms with Crippen LogP contribution in [-0.2, 0) is 6.54 Å². The van der Waals surface area contributed by atoms with E-state index in [1.807, 2.05) is 6.20 Å². The molecule has 0 radical (unpaired) electrons. The zero-order valence-corrected chi connectivity index (χ0v) is 12.7. The van der Waals surface area contributed by atoms with Crippen LogP contribution in [0.15, 0.2) is 18.3 Å². The van der Waals surface area contributed by atoms with Gasteiger partial charge in [0.25, 0.3) is 0 Å². The minimum absolute atomic E-state index is 0.516. The lowest BCUT2D eigenvalue weighted by atomic mass is 9.95. The normalized spacial score (nSPS) is 23.9. The van der Waals surface area contributed by atoms with Gasteiger partial charge in [0.05, 0.1) is 0 Å². The highest BCUT2D eigenvalue weighted by Crippen LogP contribution is 2.25. The van der Waals surface area contributed by atoms with Gasteiger partial charge in [0, 0.05) is 31.4 Å². The van der Waals surface area contributed by atoms with Crippen molar-refractivity contribution in [2.75, 3.05) is 11.4 Å². The molecule has 2 rings (SSSR count). The first kappa shape index (κ1) is 14.3. The van der Waals surface area contributed by atoms with Crippen LogP contribution in [0.3, 0.4) is 0 Å². The molecule has 0 saturated carbocycles. The lowest BCUT2D eigenvalue weighted by molar-refractivity contribution is 0.388. The summed E-state index contributed by atoms with van der Waals surface area (Å²) in [5.74, 6) is 1.91. The molecule has 1 aliphatic heterocycles. The summed E-state index contributed by atoms with van der Waals surface area (Å²) in [6.07, 6.45) is 4.63. The number of nitrogens with zero attached hydrogens (tertiary/aromatic N) is 2. The van der Waals surface area contributed by atoms with Crippen molar-refractivity contribution >= 4 is 5.82 Å². The number of anilines is 1. The third kappa shape index (κ3) is 3.93. The van der Waals surface area contributed by atoms with Gasteiger partial charge in [-0.3, -0.25) is 0 Å². The Morgan fingerprint density at radius 2 is 2.11 bits per heavy atom. The van der Waals surface area contributed by atoms with Crippen molar-refractivity contribution in [1.82, 2.24) is 10.3 Å². The van der Waals surface area contributed by atoms with Gasteiger partial charge in [-0.2, -0.15) is 0 Å². The van der Waals surface area contributed by atoms with Crippen LogP contribution in [-0.4, -0.2) is 23.6 Å². The van der Waals surface area contributed by atoms with E-state index in [-0.39, 0.29) is 0 Å². The third-order valence-corrected chi connectivity index (χ3v) is 3.94. The number of nitrogens with one attached hydrogen (secondary N) is 1. The number of rotatable bonds is 4. The quantitative estimate of drug-likeness (QED) is 0.902. The highest BCUT2D eigenvalue weighted by molar-refractivity contribution is 5.41. The molecule has 3 heteroatoms. The summed E-state index contributed by atoms with van der Waals surface area (Å²) in [7, 11) is 0. The van der Waals surface area contributed by atoms with Crippen molar-refractivity contribution in [2.45, 2.75) is 59.2 Å². The molecule has 0 aromatic carbocycles.